The minimum Gasteiger partial charge on any atom is -0.380 e. The van der Waals surface area contributed by atoms with Gasteiger partial charge in [-0.1, -0.05) is 35.9 Å². The number of primary amides is 1. The number of nitrogens with two attached hydrogens (primary N) is 1. The van der Waals surface area contributed by atoms with Crippen LogP contribution in [-0.4, -0.2) is 5.91 Å². The molecule has 0 fully saturated rings. The molecule has 3 rings (SSSR count). The summed E-state index contributed by atoms with van der Waals surface area (Å²) in [6.45, 7) is 2.46. The third kappa shape index (κ3) is 2.86. The van der Waals surface area contributed by atoms with E-state index in [9.17, 15) is 4.79 Å². The zero-order chi connectivity index (χ0) is 14.8. The van der Waals surface area contributed by atoms with Gasteiger partial charge in [0.1, 0.15) is 0 Å². The lowest BCUT2D eigenvalue weighted by Crippen LogP contribution is -2.15. The molecule has 0 bridgehead atoms. The molecular weight excluding hydrogens is 286 g/mol. The maximum absolute atomic E-state index is 11.5. The number of amides is 1. The number of rotatable bonds is 4. The van der Waals surface area contributed by atoms with Gasteiger partial charge in [0.25, 0.3) is 5.91 Å². The molecule has 0 saturated heterocycles. The second-order valence-electron chi connectivity index (χ2n) is 5.09. The van der Waals surface area contributed by atoms with Crippen LogP contribution in [0.4, 0.5) is 5.69 Å². The highest BCUT2D eigenvalue weighted by molar-refractivity contribution is 6.34. The molecule has 0 spiro atoms. The quantitative estimate of drug-likeness (QED) is 0.813. The van der Waals surface area contributed by atoms with Gasteiger partial charge in [0.15, 0.2) is 0 Å². The topological polar surface area (TPSA) is 67.2 Å². The first kappa shape index (κ1) is 13.9. The normalized spacial score (nSPS) is 13.0. The first-order valence-corrected chi connectivity index (χ1v) is 7.16. The molecule has 0 aliphatic carbocycles. The lowest BCUT2D eigenvalue weighted by atomic mass is 10.1. The van der Waals surface area contributed by atoms with Crippen molar-refractivity contribution in [3.05, 3.63) is 63.7 Å². The average Bonchev–Trinajstić information content (AvgIpc) is 2.92. The van der Waals surface area contributed by atoms with Crippen LogP contribution < -0.4 is 16.4 Å². The summed E-state index contributed by atoms with van der Waals surface area (Å²) >= 11 is 6.03. The molecular formula is C16H16ClN3O. The number of fused-ring (bicyclic) bond motifs is 1. The van der Waals surface area contributed by atoms with Crippen LogP contribution in [0.5, 0.6) is 0 Å². The SMILES string of the molecule is NC(=O)c1c(Cl)cccc1NCc1ccc2c(c1)CNC2. The number of hydrogen-bond donors (Lipinski definition) is 3. The largest absolute Gasteiger partial charge is 0.380 e. The van der Waals surface area contributed by atoms with E-state index >= 15 is 0 Å². The Morgan fingerprint density at radius 1 is 1.24 bits per heavy atom. The number of hydrogen-bond acceptors (Lipinski definition) is 3. The predicted octanol–water partition coefficient (Wildman–Crippen LogP) is 2.65. The molecule has 0 unspecified atom stereocenters. The van der Waals surface area contributed by atoms with Crippen LogP contribution in [0.15, 0.2) is 36.4 Å². The fraction of sp³-hybridized carbons (Fsp3) is 0.188. The molecule has 5 heteroatoms. The molecule has 1 aliphatic rings. The van der Waals surface area contributed by atoms with Crippen molar-refractivity contribution in [1.29, 1.82) is 0 Å². The van der Waals surface area contributed by atoms with Gasteiger partial charge >= 0.3 is 0 Å². The first-order valence-electron chi connectivity index (χ1n) is 6.79. The number of carbonyl (C=O) groups excluding carboxylic acids is 1. The number of nitrogens with one attached hydrogen (secondary N) is 2. The third-order valence-electron chi connectivity index (χ3n) is 3.64. The van der Waals surface area contributed by atoms with Gasteiger partial charge in [0.05, 0.1) is 10.6 Å². The average molecular weight is 302 g/mol. The molecule has 21 heavy (non-hydrogen) atoms. The summed E-state index contributed by atoms with van der Waals surface area (Å²) in [5, 5.41) is 6.92. The number of benzene rings is 2. The Balaban J connectivity index is 1.79. The Hall–Kier alpha value is -2.04. The van der Waals surface area contributed by atoms with Crippen molar-refractivity contribution < 1.29 is 4.79 Å². The van der Waals surface area contributed by atoms with Gasteiger partial charge < -0.3 is 16.4 Å². The smallest absolute Gasteiger partial charge is 0.252 e. The van der Waals surface area contributed by atoms with E-state index in [2.05, 4.69) is 28.8 Å². The van der Waals surface area contributed by atoms with E-state index in [4.69, 9.17) is 17.3 Å². The summed E-state index contributed by atoms with van der Waals surface area (Å²) in [6, 6.07) is 11.7. The van der Waals surface area contributed by atoms with Gasteiger partial charge in [-0.3, -0.25) is 4.79 Å². The Bertz CT molecular complexity index is 700. The fourth-order valence-corrected chi connectivity index (χ4v) is 2.84. The highest BCUT2D eigenvalue weighted by atomic mass is 35.5. The number of carbonyl (C=O) groups is 1. The van der Waals surface area contributed by atoms with E-state index in [1.54, 1.807) is 18.2 Å². The molecule has 4 nitrogen and oxygen atoms in total. The lowest BCUT2D eigenvalue weighted by molar-refractivity contribution is 0.100. The standard InChI is InChI=1S/C16H16ClN3O/c17-13-2-1-3-14(15(13)16(18)21)20-7-10-4-5-11-8-19-9-12(11)6-10/h1-6,19-20H,7-9H2,(H2,18,21). The maximum atomic E-state index is 11.5. The Morgan fingerprint density at radius 3 is 2.86 bits per heavy atom. The number of anilines is 1. The van der Waals surface area contributed by atoms with Crippen LogP contribution in [0.25, 0.3) is 0 Å². The van der Waals surface area contributed by atoms with Crippen LogP contribution in [0.1, 0.15) is 27.0 Å². The Morgan fingerprint density at radius 2 is 2.05 bits per heavy atom. The molecule has 0 atom stereocenters. The summed E-state index contributed by atoms with van der Waals surface area (Å²) in [7, 11) is 0. The van der Waals surface area contributed by atoms with Crippen LogP contribution >= 0.6 is 11.6 Å². The Kier molecular flexibility index (Phi) is 3.82. The van der Waals surface area contributed by atoms with E-state index in [1.165, 1.54) is 11.1 Å². The van der Waals surface area contributed by atoms with Crippen molar-refractivity contribution in [1.82, 2.24) is 5.32 Å². The second kappa shape index (κ2) is 5.76. The van der Waals surface area contributed by atoms with Crippen molar-refractivity contribution in [2.75, 3.05) is 5.32 Å². The molecule has 0 aromatic heterocycles. The molecule has 2 aromatic rings. The minimum absolute atomic E-state index is 0.335. The van der Waals surface area contributed by atoms with E-state index in [0.717, 1.165) is 18.7 Å². The van der Waals surface area contributed by atoms with Gasteiger partial charge in [0, 0.05) is 25.3 Å². The van der Waals surface area contributed by atoms with Crippen molar-refractivity contribution >= 4 is 23.2 Å². The monoisotopic (exact) mass is 301 g/mol. The highest BCUT2D eigenvalue weighted by Crippen LogP contribution is 2.25. The molecule has 108 valence electrons. The van der Waals surface area contributed by atoms with Gasteiger partial charge in [-0.05, 0) is 28.8 Å². The molecule has 4 N–H and O–H groups in total. The molecule has 0 radical (unpaired) electrons. The maximum Gasteiger partial charge on any atom is 0.252 e. The summed E-state index contributed by atoms with van der Waals surface area (Å²) in [5.41, 5.74) is 10.2. The molecule has 0 saturated carbocycles. The Labute approximate surface area is 128 Å². The minimum atomic E-state index is -0.527. The summed E-state index contributed by atoms with van der Waals surface area (Å²) in [4.78, 5) is 11.5. The summed E-state index contributed by atoms with van der Waals surface area (Å²) < 4.78 is 0. The predicted molar refractivity (Wildman–Crippen MR) is 84.3 cm³/mol. The van der Waals surface area contributed by atoms with E-state index < -0.39 is 5.91 Å². The van der Waals surface area contributed by atoms with Crippen molar-refractivity contribution in [2.45, 2.75) is 19.6 Å². The van der Waals surface area contributed by atoms with E-state index in [1.807, 2.05) is 0 Å². The summed E-state index contributed by atoms with van der Waals surface area (Å²) in [6.07, 6.45) is 0. The van der Waals surface area contributed by atoms with Gasteiger partial charge in [0.2, 0.25) is 0 Å². The van der Waals surface area contributed by atoms with Gasteiger partial charge in [-0.2, -0.15) is 0 Å². The van der Waals surface area contributed by atoms with Crippen LogP contribution in [0.2, 0.25) is 5.02 Å². The van der Waals surface area contributed by atoms with Gasteiger partial charge in [-0.25, -0.2) is 0 Å². The second-order valence-corrected chi connectivity index (χ2v) is 5.49. The zero-order valence-corrected chi connectivity index (χ0v) is 12.2. The molecule has 1 heterocycles. The van der Waals surface area contributed by atoms with Gasteiger partial charge in [-0.15, -0.1) is 0 Å². The first-order chi connectivity index (χ1) is 10.1. The summed E-state index contributed by atoms with van der Waals surface area (Å²) in [5.74, 6) is -0.527. The molecule has 1 amide bonds. The van der Waals surface area contributed by atoms with Crippen LogP contribution in [-0.2, 0) is 19.6 Å². The van der Waals surface area contributed by atoms with E-state index in [0.29, 0.717) is 22.8 Å². The third-order valence-corrected chi connectivity index (χ3v) is 3.96. The lowest BCUT2D eigenvalue weighted by Gasteiger charge is -2.12. The van der Waals surface area contributed by atoms with Crippen LogP contribution in [0.3, 0.4) is 0 Å². The van der Waals surface area contributed by atoms with Crippen molar-refractivity contribution in [3.8, 4) is 0 Å². The van der Waals surface area contributed by atoms with Crippen LogP contribution in [0, 0.1) is 0 Å². The van der Waals surface area contributed by atoms with E-state index in [-0.39, 0.29) is 0 Å². The zero-order valence-electron chi connectivity index (χ0n) is 11.4. The number of halogens is 1. The molecule has 2 aromatic carbocycles. The van der Waals surface area contributed by atoms with Crippen molar-refractivity contribution in [2.24, 2.45) is 5.73 Å². The molecule has 1 aliphatic heterocycles. The van der Waals surface area contributed by atoms with Crippen molar-refractivity contribution in [3.63, 3.8) is 0 Å². The fourth-order valence-electron chi connectivity index (χ4n) is 2.58. The highest BCUT2D eigenvalue weighted by Gasteiger charge is 2.13.